The van der Waals surface area contributed by atoms with E-state index in [1.165, 1.54) is 30.4 Å². The van der Waals surface area contributed by atoms with E-state index in [1.54, 1.807) is 37.4 Å². The van der Waals surface area contributed by atoms with Gasteiger partial charge in [0.05, 0.1) is 24.0 Å². The number of aromatic nitrogens is 1. The summed E-state index contributed by atoms with van der Waals surface area (Å²) in [6.07, 6.45) is 8.61. The summed E-state index contributed by atoms with van der Waals surface area (Å²) in [6, 6.07) is 21.3. The minimum Gasteiger partial charge on any atom is -0.497 e. The normalized spacial score (nSPS) is 25.8. The molecule has 1 aromatic heterocycles. The fraction of sp³-hybridized carbons (Fsp3) is 0.463. The number of piperazine rings is 1. The average Bonchev–Trinajstić information content (AvgIpc) is 3.71. The van der Waals surface area contributed by atoms with Crippen molar-refractivity contribution in [1.29, 1.82) is 0 Å². The summed E-state index contributed by atoms with van der Waals surface area (Å²) in [5, 5.41) is 1.09. The Morgan fingerprint density at radius 3 is 2.39 bits per heavy atom. The molecule has 4 fully saturated rings. The Labute approximate surface area is 300 Å². The van der Waals surface area contributed by atoms with Gasteiger partial charge in [-0.15, -0.1) is 0 Å². The quantitative estimate of drug-likeness (QED) is 0.238. The second-order valence-electron chi connectivity index (χ2n) is 15.8. The highest BCUT2D eigenvalue weighted by atomic mass is 32.2. The first kappa shape index (κ1) is 32.7. The lowest BCUT2D eigenvalue weighted by Crippen LogP contribution is -2.57. The van der Waals surface area contributed by atoms with Gasteiger partial charge in [0.2, 0.25) is 15.9 Å². The van der Waals surface area contributed by atoms with Gasteiger partial charge in [0.15, 0.2) is 0 Å². The fourth-order valence-electron chi connectivity index (χ4n) is 10.2. The molecule has 4 heterocycles. The van der Waals surface area contributed by atoms with Crippen LogP contribution in [0.4, 0.5) is 0 Å². The Kier molecular flexibility index (Phi) is 7.85. The standard InChI is InChI=1S/C41H46N4O5S/c1-43-22-29-14-15-30(23-43)45(29)40(47)41-21-35(41)34-20-31(50-2)16-18-32(34)38-37(27-11-7-4-8-12-27)33-17-13-28(19-36(33)44(38)25-41)39(46)42-51(48,49)24-26-9-5-3-6-10-26/h3,5-6,9-10,13,16-20,27,29-30,35H,4,7-8,11-12,14-15,21-25H2,1-2H3,(H,42,46). The minimum atomic E-state index is -3.93. The van der Waals surface area contributed by atoms with Crippen molar-refractivity contribution in [3.63, 3.8) is 0 Å². The van der Waals surface area contributed by atoms with Gasteiger partial charge in [-0.25, -0.2) is 13.1 Å². The Hall–Kier alpha value is -4.15. The van der Waals surface area contributed by atoms with E-state index < -0.39 is 21.3 Å². The zero-order valence-electron chi connectivity index (χ0n) is 29.4. The molecule has 2 saturated carbocycles. The summed E-state index contributed by atoms with van der Waals surface area (Å²) in [5.41, 5.74) is 5.94. The summed E-state index contributed by atoms with van der Waals surface area (Å²) in [7, 11) is -0.0779. The molecule has 9 rings (SSSR count). The molecule has 4 unspecified atom stereocenters. The van der Waals surface area contributed by atoms with Crippen LogP contribution >= 0.6 is 0 Å². The maximum absolute atomic E-state index is 15.1. The smallest absolute Gasteiger partial charge is 0.264 e. The van der Waals surface area contributed by atoms with Crippen molar-refractivity contribution in [2.75, 3.05) is 27.2 Å². The molecule has 5 aliphatic rings. The maximum Gasteiger partial charge on any atom is 0.264 e. The first-order chi connectivity index (χ1) is 24.7. The number of amides is 2. The highest BCUT2D eigenvalue weighted by Gasteiger charge is 2.65. The molecule has 10 heteroatoms. The van der Waals surface area contributed by atoms with Gasteiger partial charge in [0, 0.05) is 59.7 Å². The average molecular weight is 707 g/mol. The molecular formula is C41H46N4O5S. The highest BCUT2D eigenvalue weighted by molar-refractivity contribution is 7.89. The number of likely N-dealkylation sites (tertiary alicyclic amines) is 1. The van der Waals surface area contributed by atoms with Gasteiger partial charge in [0.25, 0.3) is 5.91 Å². The molecule has 2 bridgehead atoms. The second-order valence-corrected chi connectivity index (χ2v) is 17.5. The van der Waals surface area contributed by atoms with Crippen LogP contribution in [-0.2, 0) is 27.1 Å². The van der Waals surface area contributed by atoms with Crippen LogP contribution in [0.3, 0.4) is 0 Å². The first-order valence-corrected chi connectivity index (χ1v) is 20.3. The Morgan fingerprint density at radius 2 is 1.67 bits per heavy atom. The van der Waals surface area contributed by atoms with Crippen molar-refractivity contribution >= 4 is 32.7 Å². The predicted molar refractivity (Wildman–Crippen MR) is 197 cm³/mol. The van der Waals surface area contributed by atoms with Gasteiger partial charge in [-0.3, -0.25) is 9.59 Å². The van der Waals surface area contributed by atoms with Crippen LogP contribution in [-0.4, -0.2) is 73.9 Å². The van der Waals surface area contributed by atoms with E-state index in [-0.39, 0.29) is 29.7 Å². The molecule has 9 nitrogen and oxygen atoms in total. The molecule has 2 amide bonds. The van der Waals surface area contributed by atoms with Crippen molar-refractivity contribution in [2.24, 2.45) is 5.41 Å². The van der Waals surface area contributed by atoms with E-state index in [2.05, 4.69) is 38.3 Å². The number of carbonyl (C=O) groups is 2. The van der Waals surface area contributed by atoms with Crippen molar-refractivity contribution in [3.8, 4) is 17.0 Å². The zero-order valence-corrected chi connectivity index (χ0v) is 30.3. The topological polar surface area (TPSA) is 101 Å². The first-order valence-electron chi connectivity index (χ1n) is 18.6. The molecule has 0 spiro atoms. The van der Waals surface area contributed by atoms with Gasteiger partial charge >= 0.3 is 0 Å². The molecular weight excluding hydrogens is 661 g/mol. The third-order valence-electron chi connectivity index (χ3n) is 12.6. The number of rotatable bonds is 7. The van der Waals surface area contributed by atoms with Crippen LogP contribution in [0, 0.1) is 5.41 Å². The number of likely N-dealkylation sites (N-methyl/N-ethyl adjacent to an activating group) is 1. The molecule has 51 heavy (non-hydrogen) atoms. The number of nitrogens with one attached hydrogen (secondary N) is 1. The van der Waals surface area contributed by atoms with Gasteiger partial charge in [-0.05, 0) is 92.1 Å². The number of carbonyl (C=O) groups excluding carboxylic acids is 2. The molecule has 3 aliphatic heterocycles. The molecule has 2 saturated heterocycles. The van der Waals surface area contributed by atoms with E-state index in [0.717, 1.165) is 73.1 Å². The summed E-state index contributed by atoms with van der Waals surface area (Å²) < 4.78 is 36.7. The Bertz CT molecular complexity index is 2140. The van der Waals surface area contributed by atoms with Crippen LogP contribution in [0.2, 0.25) is 0 Å². The van der Waals surface area contributed by atoms with E-state index in [1.807, 2.05) is 24.3 Å². The van der Waals surface area contributed by atoms with E-state index in [4.69, 9.17) is 4.74 Å². The monoisotopic (exact) mass is 706 g/mol. The zero-order chi connectivity index (χ0) is 35.1. The third-order valence-corrected chi connectivity index (χ3v) is 13.8. The third kappa shape index (κ3) is 5.48. The summed E-state index contributed by atoms with van der Waals surface area (Å²) in [6.45, 7) is 2.33. The lowest BCUT2D eigenvalue weighted by Gasteiger charge is -2.41. The second kappa shape index (κ2) is 12.2. The van der Waals surface area contributed by atoms with E-state index >= 15 is 4.79 Å². The molecule has 0 radical (unpaired) electrons. The van der Waals surface area contributed by atoms with Crippen molar-refractivity contribution in [3.05, 3.63) is 89.0 Å². The molecule has 2 aliphatic carbocycles. The summed E-state index contributed by atoms with van der Waals surface area (Å²) >= 11 is 0. The molecule has 3 aromatic carbocycles. The summed E-state index contributed by atoms with van der Waals surface area (Å²) in [4.78, 5) is 33.4. The van der Waals surface area contributed by atoms with Crippen LogP contribution in [0.1, 0.15) is 90.3 Å². The lowest BCUT2D eigenvalue weighted by molar-refractivity contribution is -0.143. The number of sulfonamides is 1. The lowest BCUT2D eigenvalue weighted by atomic mass is 9.81. The number of benzene rings is 3. The largest absolute Gasteiger partial charge is 0.497 e. The minimum absolute atomic E-state index is 0.0675. The van der Waals surface area contributed by atoms with Crippen LogP contribution in [0.15, 0.2) is 66.7 Å². The predicted octanol–water partition coefficient (Wildman–Crippen LogP) is 6.42. The number of fused-ring (bicyclic) bond motifs is 9. The molecule has 1 N–H and O–H groups in total. The van der Waals surface area contributed by atoms with Crippen molar-refractivity contribution < 1.29 is 22.7 Å². The SMILES string of the molecule is COc1ccc2c(c1)C1CC1(C(=O)N1C3CCC1CN(C)C3)Cn1c-2c(C2CCCCC2)c2ccc(C(=O)NS(=O)(=O)Cc3ccccc3)cc21. The van der Waals surface area contributed by atoms with Gasteiger partial charge in [-0.1, -0.05) is 55.7 Å². The molecule has 4 atom stereocenters. The van der Waals surface area contributed by atoms with Crippen LogP contribution in [0.25, 0.3) is 22.2 Å². The number of hydrogen-bond acceptors (Lipinski definition) is 6. The van der Waals surface area contributed by atoms with Crippen molar-refractivity contribution in [1.82, 2.24) is 19.1 Å². The Morgan fingerprint density at radius 1 is 0.922 bits per heavy atom. The van der Waals surface area contributed by atoms with Crippen LogP contribution < -0.4 is 9.46 Å². The maximum atomic E-state index is 15.1. The highest BCUT2D eigenvalue weighted by Crippen LogP contribution is 2.66. The Balaban J connectivity index is 1.18. The fourth-order valence-corrected chi connectivity index (χ4v) is 11.3. The number of methoxy groups -OCH3 is 1. The van der Waals surface area contributed by atoms with Crippen LogP contribution in [0.5, 0.6) is 5.75 Å². The van der Waals surface area contributed by atoms with Crippen molar-refractivity contribution in [2.45, 2.75) is 87.6 Å². The van der Waals surface area contributed by atoms with Gasteiger partial charge < -0.3 is 19.1 Å². The summed E-state index contributed by atoms with van der Waals surface area (Å²) in [5.74, 6) is 0.545. The van der Waals surface area contributed by atoms with Gasteiger partial charge in [-0.2, -0.15) is 0 Å². The number of nitrogens with zero attached hydrogens (tertiary/aromatic N) is 3. The van der Waals surface area contributed by atoms with Gasteiger partial charge in [0.1, 0.15) is 5.75 Å². The van der Waals surface area contributed by atoms with E-state index in [9.17, 15) is 13.2 Å². The van der Waals surface area contributed by atoms with E-state index in [0.29, 0.717) is 23.6 Å². The molecule has 266 valence electrons. The molecule has 4 aromatic rings. The number of ether oxygens (including phenoxy) is 1. The number of hydrogen-bond donors (Lipinski definition) is 1.